The molecule has 1 aliphatic rings. The van der Waals surface area contributed by atoms with Crippen molar-refractivity contribution >= 4 is 28.3 Å². The number of aryl methyl sites for hydroxylation is 2. The van der Waals surface area contributed by atoms with Gasteiger partial charge in [0.05, 0.1) is 23.0 Å². The molecular weight excluding hydrogens is 324 g/mol. The Bertz CT molecular complexity index is 960. The lowest BCUT2D eigenvalue weighted by Crippen LogP contribution is -2.19. The van der Waals surface area contributed by atoms with Crippen LogP contribution >= 0.6 is 0 Å². The van der Waals surface area contributed by atoms with Crippen molar-refractivity contribution < 1.29 is 4.79 Å². The summed E-state index contributed by atoms with van der Waals surface area (Å²) in [6, 6.07) is 11.7. The monoisotopic (exact) mass is 346 g/mol. The van der Waals surface area contributed by atoms with Gasteiger partial charge in [-0.15, -0.1) is 0 Å². The van der Waals surface area contributed by atoms with E-state index < -0.39 is 0 Å². The van der Waals surface area contributed by atoms with Gasteiger partial charge in [0.1, 0.15) is 5.82 Å². The van der Waals surface area contributed by atoms with E-state index in [0.717, 1.165) is 41.1 Å². The van der Waals surface area contributed by atoms with Gasteiger partial charge in [-0.3, -0.25) is 9.78 Å². The fraction of sp³-hybridized carbons (Fsp3) is 0.286. The average molecular weight is 346 g/mol. The molecule has 1 fully saturated rings. The Morgan fingerprint density at radius 2 is 1.88 bits per heavy atom. The van der Waals surface area contributed by atoms with E-state index in [2.05, 4.69) is 20.2 Å². The van der Waals surface area contributed by atoms with Gasteiger partial charge >= 0.3 is 0 Å². The summed E-state index contributed by atoms with van der Waals surface area (Å²) >= 11 is 0. The molecule has 0 atom stereocenters. The third kappa shape index (κ3) is 3.25. The third-order valence-electron chi connectivity index (χ3n) is 4.77. The molecule has 1 aromatic carbocycles. The van der Waals surface area contributed by atoms with Crippen LogP contribution < -0.4 is 10.2 Å². The van der Waals surface area contributed by atoms with Gasteiger partial charge in [-0.2, -0.15) is 0 Å². The second-order valence-electron chi connectivity index (χ2n) is 6.89. The number of benzene rings is 1. The first-order chi connectivity index (χ1) is 12.6. The van der Waals surface area contributed by atoms with Gasteiger partial charge in [0.25, 0.3) is 5.91 Å². The number of pyridine rings is 2. The lowest BCUT2D eigenvalue weighted by Gasteiger charge is -2.16. The second-order valence-corrected chi connectivity index (χ2v) is 6.89. The van der Waals surface area contributed by atoms with Crippen LogP contribution in [0.4, 0.5) is 11.5 Å². The molecule has 1 amide bonds. The van der Waals surface area contributed by atoms with Gasteiger partial charge in [-0.05, 0) is 57.0 Å². The Balaban J connectivity index is 1.60. The van der Waals surface area contributed by atoms with Crippen molar-refractivity contribution in [1.82, 2.24) is 9.97 Å². The van der Waals surface area contributed by atoms with E-state index in [-0.39, 0.29) is 5.91 Å². The van der Waals surface area contributed by atoms with Crippen molar-refractivity contribution in [3.63, 3.8) is 0 Å². The number of hydrogen-bond donors (Lipinski definition) is 1. The van der Waals surface area contributed by atoms with Crippen LogP contribution in [-0.4, -0.2) is 29.0 Å². The standard InChI is InChI=1S/C21H22N4O/c1-14-5-7-19-17(11-14)18(12-15(2)23-19)21(26)24-16-6-8-20(22-13-16)25-9-3-4-10-25/h5-8,11-13H,3-4,9-10H2,1-2H3,(H,24,26). The van der Waals surface area contributed by atoms with E-state index in [1.54, 1.807) is 6.20 Å². The highest BCUT2D eigenvalue weighted by Crippen LogP contribution is 2.22. The quantitative estimate of drug-likeness (QED) is 0.776. The molecule has 1 N–H and O–H groups in total. The summed E-state index contributed by atoms with van der Waals surface area (Å²) in [6.07, 6.45) is 4.16. The molecular formula is C21H22N4O. The highest BCUT2D eigenvalue weighted by Gasteiger charge is 2.15. The minimum Gasteiger partial charge on any atom is -0.357 e. The first kappa shape index (κ1) is 16.5. The Morgan fingerprint density at radius 3 is 2.62 bits per heavy atom. The zero-order chi connectivity index (χ0) is 18.1. The summed E-state index contributed by atoms with van der Waals surface area (Å²) in [5.74, 6) is 0.836. The number of nitrogens with zero attached hydrogens (tertiary/aromatic N) is 3. The molecule has 0 radical (unpaired) electrons. The SMILES string of the molecule is Cc1ccc2nc(C)cc(C(=O)Nc3ccc(N4CCCC4)nc3)c2c1. The molecule has 0 bridgehead atoms. The number of carbonyl (C=O) groups is 1. The predicted molar refractivity (Wildman–Crippen MR) is 105 cm³/mol. The minimum absolute atomic E-state index is 0.137. The average Bonchev–Trinajstić information content (AvgIpc) is 3.16. The van der Waals surface area contributed by atoms with Crippen LogP contribution in [0.25, 0.3) is 10.9 Å². The lowest BCUT2D eigenvalue weighted by molar-refractivity contribution is 0.102. The molecule has 5 nitrogen and oxygen atoms in total. The molecule has 0 spiro atoms. The maximum absolute atomic E-state index is 12.9. The number of anilines is 2. The number of fused-ring (bicyclic) bond motifs is 1. The van der Waals surface area contributed by atoms with E-state index in [1.807, 2.05) is 50.2 Å². The number of aromatic nitrogens is 2. The van der Waals surface area contributed by atoms with Gasteiger partial charge < -0.3 is 10.2 Å². The molecule has 0 aliphatic carbocycles. The number of carbonyl (C=O) groups excluding carboxylic acids is 1. The summed E-state index contributed by atoms with van der Waals surface area (Å²) in [5.41, 5.74) is 4.11. The van der Waals surface area contributed by atoms with E-state index in [9.17, 15) is 4.79 Å². The molecule has 0 saturated carbocycles. The summed E-state index contributed by atoms with van der Waals surface area (Å²) in [5, 5.41) is 3.84. The van der Waals surface area contributed by atoms with E-state index in [0.29, 0.717) is 11.3 Å². The van der Waals surface area contributed by atoms with Crippen molar-refractivity contribution in [1.29, 1.82) is 0 Å². The number of amides is 1. The fourth-order valence-corrected chi connectivity index (χ4v) is 3.45. The largest absolute Gasteiger partial charge is 0.357 e. The van der Waals surface area contributed by atoms with Crippen LogP contribution in [0, 0.1) is 13.8 Å². The van der Waals surface area contributed by atoms with Crippen molar-refractivity contribution in [2.75, 3.05) is 23.3 Å². The Kier molecular flexibility index (Phi) is 4.29. The molecule has 5 heteroatoms. The lowest BCUT2D eigenvalue weighted by atomic mass is 10.0. The molecule has 1 saturated heterocycles. The van der Waals surface area contributed by atoms with Crippen molar-refractivity contribution in [3.05, 3.63) is 59.4 Å². The van der Waals surface area contributed by atoms with E-state index in [4.69, 9.17) is 0 Å². The Labute approximate surface area is 153 Å². The first-order valence-corrected chi connectivity index (χ1v) is 9.00. The molecule has 1 aliphatic heterocycles. The van der Waals surface area contributed by atoms with Crippen molar-refractivity contribution in [2.24, 2.45) is 0 Å². The normalized spacial score (nSPS) is 14.0. The van der Waals surface area contributed by atoms with Gasteiger partial charge in [0.2, 0.25) is 0 Å². The van der Waals surface area contributed by atoms with Crippen molar-refractivity contribution in [3.8, 4) is 0 Å². The second kappa shape index (κ2) is 6.75. The van der Waals surface area contributed by atoms with Crippen LogP contribution in [-0.2, 0) is 0 Å². The number of rotatable bonds is 3. The van der Waals surface area contributed by atoms with Gasteiger partial charge in [-0.25, -0.2) is 4.98 Å². The number of nitrogens with one attached hydrogen (secondary N) is 1. The first-order valence-electron chi connectivity index (χ1n) is 9.00. The Morgan fingerprint density at radius 1 is 1.08 bits per heavy atom. The Hall–Kier alpha value is -2.95. The molecule has 2 aromatic heterocycles. The highest BCUT2D eigenvalue weighted by atomic mass is 16.1. The minimum atomic E-state index is -0.137. The summed E-state index contributed by atoms with van der Waals surface area (Å²) in [7, 11) is 0. The smallest absolute Gasteiger partial charge is 0.256 e. The summed E-state index contributed by atoms with van der Waals surface area (Å²) in [6.45, 7) is 6.03. The molecule has 3 heterocycles. The number of hydrogen-bond acceptors (Lipinski definition) is 4. The zero-order valence-electron chi connectivity index (χ0n) is 15.1. The third-order valence-corrected chi connectivity index (χ3v) is 4.77. The molecule has 3 aromatic rings. The molecule has 132 valence electrons. The van der Waals surface area contributed by atoms with Crippen molar-refractivity contribution in [2.45, 2.75) is 26.7 Å². The van der Waals surface area contributed by atoms with Gasteiger partial charge in [-0.1, -0.05) is 11.6 Å². The zero-order valence-corrected chi connectivity index (χ0v) is 15.1. The van der Waals surface area contributed by atoms with Gasteiger partial charge in [0.15, 0.2) is 0 Å². The van der Waals surface area contributed by atoms with Gasteiger partial charge in [0, 0.05) is 24.2 Å². The molecule has 26 heavy (non-hydrogen) atoms. The maximum Gasteiger partial charge on any atom is 0.256 e. The maximum atomic E-state index is 12.9. The molecule has 0 unspecified atom stereocenters. The highest BCUT2D eigenvalue weighted by molar-refractivity contribution is 6.12. The summed E-state index contributed by atoms with van der Waals surface area (Å²) in [4.78, 5) is 24.2. The van der Waals surface area contributed by atoms with E-state index in [1.165, 1.54) is 12.8 Å². The predicted octanol–water partition coefficient (Wildman–Crippen LogP) is 4.10. The van der Waals surface area contributed by atoms with Crippen LogP contribution in [0.15, 0.2) is 42.6 Å². The van der Waals surface area contributed by atoms with Crippen LogP contribution in [0.2, 0.25) is 0 Å². The topological polar surface area (TPSA) is 58.1 Å². The fourth-order valence-electron chi connectivity index (χ4n) is 3.45. The van der Waals surface area contributed by atoms with Crippen LogP contribution in [0.5, 0.6) is 0 Å². The van der Waals surface area contributed by atoms with E-state index >= 15 is 0 Å². The van der Waals surface area contributed by atoms with Crippen LogP contribution in [0.3, 0.4) is 0 Å². The summed E-state index contributed by atoms with van der Waals surface area (Å²) < 4.78 is 0. The molecule has 4 rings (SSSR count). The van der Waals surface area contributed by atoms with Crippen LogP contribution in [0.1, 0.15) is 34.5 Å².